The van der Waals surface area contributed by atoms with Crippen molar-refractivity contribution < 1.29 is 28.7 Å². The van der Waals surface area contributed by atoms with E-state index in [0.717, 1.165) is 22.2 Å². The molecule has 0 unspecified atom stereocenters. The molecule has 0 N–H and O–H groups in total. The van der Waals surface area contributed by atoms with Crippen molar-refractivity contribution in [2.45, 2.75) is 6.61 Å². The number of thioether (sulfide) groups is 1. The van der Waals surface area contributed by atoms with Gasteiger partial charge in [-0.25, -0.2) is 0 Å². The smallest absolute Gasteiger partial charge is 0.293 e. The number of carbonyl (C=O) groups is 2. The lowest BCUT2D eigenvalue weighted by molar-refractivity contribution is -0.384. The molecule has 0 saturated carbocycles. The van der Waals surface area contributed by atoms with Gasteiger partial charge in [0.25, 0.3) is 16.8 Å². The van der Waals surface area contributed by atoms with Crippen LogP contribution in [0.5, 0.6) is 17.2 Å². The molecule has 1 saturated heterocycles. The highest BCUT2D eigenvalue weighted by molar-refractivity contribution is 8.18. The third kappa shape index (κ3) is 6.02. The molecule has 0 bridgehead atoms. The van der Waals surface area contributed by atoms with Gasteiger partial charge in [0.05, 0.1) is 23.5 Å². The van der Waals surface area contributed by atoms with Gasteiger partial charge in [0.2, 0.25) is 0 Å². The Labute approximate surface area is 211 Å². The van der Waals surface area contributed by atoms with Crippen molar-refractivity contribution in [3.8, 4) is 17.2 Å². The monoisotopic (exact) mass is 506 g/mol. The normalized spacial score (nSPS) is 14.2. The Morgan fingerprint density at radius 1 is 0.972 bits per heavy atom. The summed E-state index contributed by atoms with van der Waals surface area (Å²) >= 11 is 0.868. The Kier molecular flexibility index (Phi) is 7.86. The first-order valence-corrected chi connectivity index (χ1v) is 11.7. The van der Waals surface area contributed by atoms with Gasteiger partial charge in [0.1, 0.15) is 19.0 Å². The van der Waals surface area contributed by atoms with Crippen LogP contribution < -0.4 is 14.2 Å². The highest BCUT2D eigenvalue weighted by Gasteiger charge is 2.34. The average molecular weight is 507 g/mol. The summed E-state index contributed by atoms with van der Waals surface area (Å²) in [7, 11) is 1.51. The van der Waals surface area contributed by atoms with Gasteiger partial charge in [-0.2, -0.15) is 0 Å². The molecule has 1 aliphatic heterocycles. The summed E-state index contributed by atoms with van der Waals surface area (Å²) in [5.41, 5.74) is 1.39. The van der Waals surface area contributed by atoms with E-state index in [-0.39, 0.29) is 36.6 Å². The van der Waals surface area contributed by atoms with E-state index in [0.29, 0.717) is 27.7 Å². The molecule has 0 radical (unpaired) electrons. The third-order valence-corrected chi connectivity index (χ3v) is 6.13. The fourth-order valence-electron chi connectivity index (χ4n) is 3.39. The summed E-state index contributed by atoms with van der Waals surface area (Å²) < 4.78 is 16.8. The van der Waals surface area contributed by atoms with Crippen LogP contribution in [0, 0.1) is 10.1 Å². The minimum absolute atomic E-state index is 0.00102. The van der Waals surface area contributed by atoms with Gasteiger partial charge >= 0.3 is 0 Å². The van der Waals surface area contributed by atoms with E-state index in [1.165, 1.54) is 19.2 Å². The summed E-state index contributed by atoms with van der Waals surface area (Å²) in [6.07, 6.45) is 1.63. The minimum Gasteiger partial charge on any atom is -0.493 e. The number of ether oxygens (including phenoxy) is 3. The molecule has 2 amide bonds. The molecule has 0 aromatic heterocycles. The lowest BCUT2D eigenvalue weighted by Crippen LogP contribution is -2.32. The Hall–Kier alpha value is -4.31. The number of nitro groups is 1. The summed E-state index contributed by atoms with van der Waals surface area (Å²) in [5, 5.41) is 10.5. The molecular weight excluding hydrogens is 484 g/mol. The molecule has 0 spiro atoms. The van der Waals surface area contributed by atoms with Crippen LogP contribution in [0.15, 0.2) is 77.7 Å². The van der Waals surface area contributed by atoms with E-state index < -0.39 is 4.92 Å². The van der Waals surface area contributed by atoms with E-state index in [1.807, 2.05) is 18.2 Å². The fraction of sp³-hybridized carbons (Fsp3) is 0.154. The SMILES string of the molecule is COc1ccc(/C=C2\SC(=O)N(CCOc3ccccc3)C2=O)cc1OCc1ccc([N+](=O)[O-])cc1. The van der Waals surface area contributed by atoms with Gasteiger partial charge in [-0.15, -0.1) is 0 Å². The largest absolute Gasteiger partial charge is 0.493 e. The number of nitrogens with zero attached hydrogens (tertiary/aromatic N) is 2. The maximum Gasteiger partial charge on any atom is 0.293 e. The molecule has 10 heteroatoms. The fourth-order valence-corrected chi connectivity index (χ4v) is 4.25. The Bertz CT molecular complexity index is 1290. The molecule has 0 aliphatic carbocycles. The summed E-state index contributed by atoms with van der Waals surface area (Å²) in [5.74, 6) is 1.20. The lowest BCUT2D eigenvalue weighted by atomic mass is 10.1. The van der Waals surface area contributed by atoms with Crippen LogP contribution in [0.25, 0.3) is 6.08 Å². The third-order valence-electron chi connectivity index (χ3n) is 5.23. The second-order valence-corrected chi connectivity index (χ2v) is 8.61. The van der Waals surface area contributed by atoms with Gasteiger partial charge in [-0.3, -0.25) is 24.6 Å². The number of hydrogen-bond acceptors (Lipinski definition) is 8. The first kappa shape index (κ1) is 24.8. The maximum absolute atomic E-state index is 12.8. The number of non-ortho nitro benzene ring substituents is 1. The number of methoxy groups -OCH3 is 1. The van der Waals surface area contributed by atoms with Crippen molar-refractivity contribution in [1.29, 1.82) is 0 Å². The van der Waals surface area contributed by atoms with E-state index in [2.05, 4.69) is 0 Å². The number of benzene rings is 3. The van der Waals surface area contributed by atoms with Gasteiger partial charge < -0.3 is 14.2 Å². The van der Waals surface area contributed by atoms with Crippen LogP contribution in [-0.2, 0) is 11.4 Å². The Balaban J connectivity index is 1.42. The standard InChI is InChI=1S/C26H22N2O7S/c1-33-22-12-9-19(15-23(22)35-17-18-7-10-20(11-8-18)28(31)32)16-24-25(29)27(26(30)36-24)13-14-34-21-5-3-2-4-6-21/h2-12,15-16H,13-14,17H2,1H3/b24-16-. The second-order valence-electron chi connectivity index (χ2n) is 7.62. The predicted octanol–water partition coefficient (Wildman–Crippen LogP) is 5.30. The molecule has 3 aromatic carbocycles. The van der Waals surface area contributed by atoms with E-state index in [4.69, 9.17) is 14.2 Å². The molecule has 1 fully saturated rings. The number of hydrogen-bond donors (Lipinski definition) is 0. The van der Waals surface area contributed by atoms with Crippen LogP contribution in [0.2, 0.25) is 0 Å². The van der Waals surface area contributed by atoms with Gasteiger partial charge in [-0.1, -0.05) is 24.3 Å². The number of rotatable bonds is 10. The number of amides is 2. The molecular formula is C26H22N2O7S. The number of nitro benzene ring substituents is 1. The average Bonchev–Trinajstić information content (AvgIpc) is 3.15. The quantitative estimate of drug-likeness (QED) is 0.207. The zero-order valence-corrected chi connectivity index (χ0v) is 20.1. The molecule has 184 valence electrons. The molecule has 9 nitrogen and oxygen atoms in total. The highest BCUT2D eigenvalue weighted by atomic mass is 32.2. The molecule has 4 rings (SSSR count). The zero-order valence-electron chi connectivity index (χ0n) is 19.3. The van der Waals surface area contributed by atoms with Gasteiger partial charge in [0.15, 0.2) is 11.5 Å². The van der Waals surface area contributed by atoms with Crippen LogP contribution in [0.1, 0.15) is 11.1 Å². The molecule has 3 aromatic rings. The summed E-state index contributed by atoms with van der Waals surface area (Å²) in [6.45, 7) is 0.497. The van der Waals surface area contributed by atoms with Crippen LogP contribution in [0.3, 0.4) is 0 Å². The maximum atomic E-state index is 12.8. The van der Waals surface area contributed by atoms with Crippen LogP contribution >= 0.6 is 11.8 Å². The van der Waals surface area contributed by atoms with Gasteiger partial charge in [0, 0.05) is 12.1 Å². The van der Waals surface area contributed by atoms with Crippen molar-refractivity contribution in [1.82, 2.24) is 4.90 Å². The van der Waals surface area contributed by atoms with Crippen molar-refractivity contribution in [3.63, 3.8) is 0 Å². The highest BCUT2D eigenvalue weighted by Crippen LogP contribution is 2.34. The van der Waals surface area contributed by atoms with E-state index in [1.54, 1.807) is 48.5 Å². The molecule has 1 aliphatic rings. The predicted molar refractivity (Wildman–Crippen MR) is 135 cm³/mol. The lowest BCUT2D eigenvalue weighted by Gasteiger charge is -2.13. The molecule has 0 atom stereocenters. The first-order valence-electron chi connectivity index (χ1n) is 10.9. The minimum atomic E-state index is -0.463. The second kappa shape index (κ2) is 11.4. The Morgan fingerprint density at radius 3 is 2.42 bits per heavy atom. The summed E-state index contributed by atoms with van der Waals surface area (Å²) in [4.78, 5) is 37.0. The topological polar surface area (TPSA) is 108 Å². The molecule has 1 heterocycles. The number of carbonyl (C=O) groups excluding carboxylic acids is 2. The van der Waals surface area contributed by atoms with Crippen molar-refractivity contribution in [2.24, 2.45) is 0 Å². The molecule has 36 heavy (non-hydrogen) atoms. The van der Waals surface area contributed by atoms with Crippen molar-refractivity contribution >= 4 is 34.7 Å². The summed E-state index contributed by atoms with van der Waals surface area (Å²) in [6, 6.07) is 20.4. The van der Waals surface area contributed by atoms with Crippen LogP contribution in [0.4, 0.5) is 10.5 Å². The number of imide groups is 1. The van der Waals surface area contributed by atoms with Crippen molar-refractivity contribution in [2.75, 3.05) is 20.3 Å². The first-order chi connectivity index (χ1) is 17.4. The number of para-hydroxylation sites is 1. The van der Waals surface area contributed by atoms with Gasteiger partial charge in [-0.05, 0) is 65.4 Å². The van der Waals surface area contributed by atoms with Crippen LogP contribution in [-0.4, -0.2) is 41.2 Å². The zero-order chi connectivity index (χ0) is 25.5. The Morgan fingerprint density at radius 2 is 1.72 bits per heavy atom. The van der Waals surface area contributed by atoms with E-state index >= 15 is 0 Å². The van der Waals surface area contributed by atoms with E-state index in [9.17, 15) is 19.7 Å². The van der Waals surface area contributed by atoms with Crippen molar-refractivity contribution in [3.05, 3.63) is 98.9 Å².